The lowest BCUT2D eigenvalue weighted by Gasteiger charge is -2.03. The molecule has 4 nitrogen and oxygen atoms in total. The average molecular weight is 450 g/mol. The van der Waals surface area contributed by atoms with Crippen LogP contribution in [0.3, 0.4) is 0 Å². The van der Waals surface area contributed by atoms with E-state index < -0.39 is 0 Å². The topological polar surface area (TPSA) is 57.6 Å². The van der Waals surface area contributed by atoms with Crippen molar-refractivity contribution in [1.29, 1.82) is 0 Å². The number of para-hydroxylation sites is 1. The summed E-state index contributed by atoms with van der Waals surface area (Å²) in [4.78, 5) is 11.8. The Morgan fingerprint density at radius 2 is 1.11 bits per heavy atom. The average Bonchev–Trinajstić information content (AvgIpc) is 3.59. The van der Waals surface area contributed by atoms with Gasteiger partial charge in [0.2, 0.25) is 5.89 Å². The van der Waals surface area contributed by atoms with Gasteiger partial charge in [0.15, 0.2) is 5.58 Å². The Hall–Kier alpha value is -4.83. The number of hydrogen-bond donors (Lipinski definition) is 2. The Morgan fingerprint density at radius 1 is 0.486 bits per heavy atom. The Labute approximate surface area is 199 Å². The Kier molecular flexibility index (Phi) is 3.63. The summed E-state index contributed by atoms with van der Waals surface area (Å²) in [5.41, 5.74) is 9.50. The van der Waals surface area contributed by atoms with Gasteiger partial charge in [-0.2, -0.15) is 0 Å². The number of aromatic nitrogens is 3. The number of aromatic amines is 2. The molecule has 0 aliphatic carbocycles. The Bertz CT molecular complexity index is 2060. The maximum absolute atomic E-state index is 6.15. The van der Waals surface area contributed by atoms with E-state index in [2.05, 4.69) is 82.8 Å². The first-order valence-corrected chi connectivity index (χ1v) is 11.7. The van der Waals surface area contributed by atoms with Crippen LogP contribution in [0.2, 0.25) is 0 Å². The zero-order valence-corrected chi connectivity index (χ0v) is 18.7. The van der Waals surface area contributed by atoms with Crippen molar-refractivity contribution in [3.05, 3.63) is 103 Å². The van der Waals surface area contributed by atoms with Crippen LogP contribution in [0.25, 0.3) is 77.3 Å². The SMILES string of the molecule is c1ccc(-c2nc3cc4[nH]c5ccc(-c6ccc7[nH]c8ccccc8c7c6)cc5c4cc3o2)cc1. The standard InChI is InChI=1S/C31H19N3O/c1-2-6-18(7-3-1)31-34-29-17-28-24(16-30(29)35-31)23-15-20(11-13-27(23)33-28)19-10-12-26-22(14-19)21-8-4-5-9-25(21)32-26/h1-17,32-33H. The van der Waals surface area contributed by atoms with E-state index in [-0.39, 0.29) is 0 Å². The molecule has 0 saturated carbocycles. The molecule has 2 N–H and O–H groups in total. The second-order valence-corrected chi connectivity index (χ2v) is 9.07. The second kappa shape index (κ2) is 6.84. The molecular formula is C31H19N3O. The van der Waals surface area contributed by atoms with Crippen LogP contribution in [0.15, 0.2) is 108 Å². The summed E-state index contributed by atoms with van der Waals surface area (Å²) in [6.07, 6.45) is 0. The first kappa shape index (κ1) is 18.6. The van der Waals surface area contributed by atoms with Crippen LogP contribution < -0.4 is 0 Å². The van der Waals surface area contributed by atoms with Gasteiger partial charge in [0.25, 0.3) is 0 Å². The molecule has 0 spiro atoms. The number of benzene rings is 5. The summed E-state index contributed by atoms with van der Waals surface area (Å²) in [5.74, 6) is 0.644. The largest absolute Gasteiger partial charge is 0.436 e. The molecule has 5 aromatic carbocycles. The lowest BCUT2D eigenvalue weighted by molar-refractivity contribution is 0.620. The van der Waals surface area contributed by atoms with Crippen molar-refractivity contribution in [2.75, 3.05) is 0 Å². The highest BCUT2D eigenvalue weighted by Gasteiger charge is 2.13. The molecule has 0 unspecified atom stereocenters. The van der Waals surface area contributed by atoms with Crippen molar-refractivity contribution >= 4 is 54.7 Å². The van der Waals surface area contributed by atoms with Crippen molar-refractivity contribution in [1.82, 2.24) is 15.0 Å². The van der Waals surface area contributed by atoms with Crippen molar-refractivity contribution < 1.29 is 4.42 Å². The van der Waals surface area contributed by atoms with Crippen LogP contribution in [0.5, 0.6) is 0 Å². The first-order valence-electron chi connectivity index (χ1n) is 11.7. The molecular weight excluding hydrogens is 430 g/mol. The number of fused-ring (bicyclic) bond motifs is 7. The molecule has 3 heterocycles. The Morgan fingerprint density at radius 3 is 1.91 bits per heavy atom. The summed E-state index contributed by atoms with van der Waals surface area (Å²) in [6, 6.07) is 35.9. The monoisotopic (exact) mass is 449 g/mol. The van der Waals surface area contributed by atoms with E-state index >= 15 is 0 Å². The maximum Gasteiger partial charge on any atom is 0.227 e. The van der Waals surface area contributed by atoms with E-state index in [0.29, 0.717) is 5.89 Å². The van der Waals surface area contributed by atoms with Crippen LogP contribution in [-0.2, 0) is 0 Å². The van der Waals surface area contributed by atoms with Crippen molar-refractivity contribution in [2.24, 2.45) is 0 Å². The van der Waals surface area contributed by atoms with Crippen molar-refractivity contribution in [3.8, 4) is 22.6 Å². The molecule has 0 bridgehead atoms. The fourth-order valence-electron chi connectivity index (χ4n) is 5.23. The third-order valence-corrected chi connectivity index (χ3v) is 6.97. The summed E-state index contributed by atoms with van der Waals surface area (Å²) in [7, 11) is 0. The van der Waals surface area contributed by atoms with Gasteiger partial charge in [-0.05, 0) is 65.7 Å². The molecule has 0 fully saturated rings. The number of nitrogens with zero attached hydrogens (tertiary/aromatic N) is 1. The molecule has 0 saturated heterocycles. The molecule has 35 heavy (non-hydrogen) atoms. The third kappa shape index (κ3) is 2.77. The lowest BCUT2D eigenvalue weighted by Crippen LogP contribution is -1.79. The van der Waals surface area contributed by atoms with E-state index in [0.717, 1.165) is 44.1 Å². The highest BCUT2D eigenvalue weighted by molar-refractivity contribution is 6.12. The smallest absolute Gasteiger partial charge is 0.227 e. The van der Waals surface area contributed by atoms with Gasteiger partial charge in [0, 0.05) is 49.2 Å². The van der Waals surface area contributed by atoms with Crippen LogP contribution in [0.4, 0.5) is 0 Å². The molecule has 0 amide bonds. The van der Waals surface area contributed by atoms with Gasteiger partial charge in [-0.3, -0.25) is 0 Å². The number of rotatable bonds is 2. The summed E-state index contributed by atoms with van der Waals surface area (Å²) in [6.45, 7) is 0. The van der Waals surface area contributed by atoms with Gasteiger partial charge in [-0.15, -0.1) is 0 Å². The zero-order valence-electron chi connectivity index (χ0n) is 18.7. The van der Waals surface area contributed by atoms with E-state index in [9.17, 15) is 0 Å². The highest BCUT2D eigenvalue weighted by Crippen LogP contribution is 2.35. The molecule has 0 aliphatic heterocycles. The van der Waals surface area contributed by atoms with E-state index in [4.69, 9.17) is 9.40 Å². The number of hydrogen-bond acceptors (Lipinski definition) is 2. The van der Waals surface area contributed by atoms with Gasteiger partial charge in [-0.25, -0.2) is 4.98 Å². The molecule has 8 aromatic rings. The second-order valence-electron chi connectivity index (χ2n) is 9.07. The minimum Gasteiger partial charge on any atom is -0.436 e. The van der Waals surface area contributed by atoms with Crippen molar-refractivity contribution in [2.45, 2.75) is 0 Å². The number of H-pyrrole nitrogens is 2. The fraction of sp³-hybridized carbons (Fsp3) is 0. The number of nitrogens with one attached hydrogen (secondary N) is 2. The quantitative estimate of drug-likeness (QED) is 0.278. The molecule has 8 rings (SSSR count). The molecule has 0 radical (unpaired) electrons. The van der Waals surface area contributed by atoms with Gasteiger partial charge < -0.3 is 14.4 Å². The fourth-order valence-corrected chi connectivity index (χ4v) is 5.23. The molecule has 0 aliphatic rings. The van der Waals surface area contributed by atoms with Crippen LogP contribution >= 0.6 is 0 Å². The normalized spacial score (nSPS) is 12.0. The third-order valence-electron chi connectivity index (χ3n) is 6.97. The summed E-state index contributed by atoms with van der Waals surface area (Å²) in [5, 5.41) is 4.81. The highest BCUT2D eigenvalue weighted by atomic mass is 16.3. The predicted octanol–water partition coefficient (Wildman–Crippen LogP) is 8.43. The summed E-state index contributed by atoms with van der Waals surface area (Å²) >= 11 is 0. The first-order chi connectivity index (χ1) is 17.3. The molecule has 164 valence electrons. The summed E-state index contributed by atoms with van der Waals surface area (Å²) < 4.78 is 6.15. The zero-order chi connectivity index (χ0) is 22.9. The Balaban J connectivity index is 1.30. The van der Waals surface area contributed by atoms with Crippen LogP contribution in [0.1, 0.15) is 0 Å². The molecule has 3 aromatic heterocycles. The van der Waals surface area contributed by atoms with Gasteiger partial charge >= 0.3 is 0 Å². The van der Waals surface area contributed by atoms with Gasteiger partial charge in [0.1, 0.15) is 5.52 Å². The molecule has 4 heteroatoms. The van der Waals surface area contributed by atoms with E-state index in [1.54, 1.807) is 0 Å². The maximum atomic E-state index is 6.15. The number of oxazole rings is 1. The van der Waals surface area contributed by atoms with E-state index in [1.165, 1.54) is 27.3 Å². The molecule has 0 atom stereocenters. The van der Waals surface area contributed by atoms with Gasteiger partial charge in [-0.1, -0.05) is 48.5 Å². The van der Waals surface area contributed by atoms with E-state index in [1.807, 2.05) is 30.3 Å². The van der Waals surface area contributed by atoms with Crippen LogP contribution in [-0.4, -0.2) is 15.0 Å². The lowest BCUT2D eigenvalue weighted by atomic mass is 10.0. The van der Waals surface area contributed by atoms with Gasteiger partial charge in [0.05, 0.1) is 0 Å². The predicted molar refractivity (Wildman–Crippen MR) is 144 cm³/mol. The minimum atomic E-state index is 0.644. The minimum absolute atomic E-state index is 0.644. The van der Waals surface area contributed by atoms with Crippen molar-refractivity contribution in [3.63, 3.8) is 0 Å². The van der Waals surface area contributed by atoms with Crippen LogP contribution in [0, 0.1) is 0 Å².